The molecule has 1 aliphatic rings. The van der Waals surface area contributed by atoms with Crippen LogP contribution in [-0.2, 0) is 11.3 Å². The number of anilines is 1. The van der Waals surface area contributed by atoms with E-state index in [-0.39, 0.29) is 23.9 Å². The first-order valence-electron chi connectivity index (χ1n) is 11.8. The number of carbonyl (C=O) groups is 2. The third-order valence-corrected chi connectivity index (χ3v) is 6.43. The Hall–Kier alpha value is -3.68. The average molecular weight is 462 g/mol. The first-order valence-corrected chi connectivity index (χ1v) is 11.8. The number of carbonyl (C=O) groups excluding carboxylic acids is 2. The highest BCUT2D eigenvalue weighted by atomic mass is 16.2. The van der Waals surface area contributed by atoms with Crippen LogP contribution in [0.25, 0.3) is 10.9 Å². The van der Waals surface area contributed by atoms with Gasteiger partial charge in [0.05, 0.1) is 17.2 Å². The Morgan fingerprint density at radius 1 is 1.00 bits per heavy atom. The van der Waals surface area contributed by atoms with Crippen molar-refractivity contribution >= 4 is 28.4 Å². The van der Waals surface area contributed by atoms with Crippen molar-refractivity contribution in [3.63, 3.8) is 0 Å². The number of aryl methyl sites for hydroxylation is 1. The Bertz CT molecular complexity index is 1260. The average Bonchev–Trinajstić information content (AvgIpc) is 2.86. The van der Waals surface area contributed by atoms with Crippen molar-refractivity contribution in [2.45, 2.75) is 27.3 Å². The summed E-state index contributed by atoms with van der Waals surface area (Å²) in [6, 6.07) is 13.4. The summed E-state index contributed by atoms with van der Waals surface area (Å²) in [5, 5.41) is 0.399. The molecule has 0 spiro atoms. The fraction of sp³-hybridized carbons (Fsp3) is 0.385. The second-order valence-electron chi connectivity index (χ2n) is 8.59. The zero-order valence-electron chi connectivity index (χ0n) is 20.0. The molecule has 2 heterocycles. The molecule has 178 valence electrons. The van der Waals surface area contributed by atoms with Gasteiger partial charge in [0.25, 0.3) is 11.5 Å². The lowest BCUT2D eigenvalue weighted by molar-refractivity contribution is -0.131. The molecule has 1 saturated heterocycles. The molecule has 2 aromatic carbocycles. The number of hydrogen-bond acceptors (Lipinski definition) is 5. The first kappa shape index (κ1) is 23.5. The molecule has 1 aliphatic heterocycles. The maximum absolute atomic E-state index is 13.1. The van der Waals surface area contributed by atoms with Crippen molar-refractivity contribution in [1.29, 1.82) is 0 Å². The minimum Gasteiger partial charge on any atom is -0.368 e. The van der Waals surface area contributed by atoms with Crippen LogP contribution < -0.4 is 10.5 Å². The van der Waals surface area contributed by atoms with E-state index >= 15 is 0 Å². The molecule has 0 aliphatic carbocycles. The van der Waals surface area contributed by atoms with Gasteiger partial charge in [0, 0.05) is 50.5 Å². The lowest BCUT2D eigenvalue weighted by Crippen LogP contribution is -2.48. The second kappa shape index (κ2) is 10.1. The summed E-state index contributed by atoms with van der Waals surface area (Å²) in [6.45, 7) is 9.84. The molecule has 0 bridgehead atoms. The summed E-state index contributed by atoms with van der Waals surface area (Å²) in [6.07, 6.45) is 1.39. The number of hydrogen-bond donors (Lipinski definition) is 0. The van der Waals surface area contributed by atoms with E-state index in [2.05, 4.69) is 41.1 Å². The van der Waals surface area contributed by atoms with E-state index < -0.39 is 0 Å². The highest BCUT2D eigenvalue weighted by Crippen LogP contribution is 2.19. The van der Waals surface area contributed by atoms with Crippen molar-refractivity contribution in [1.82, 2.24) is 19.4 Å². The topological polar surface area (TPSA) is 78.8 Å². The van der Waals surface area contributed by atoms with Crippen LogP contribution >= 0.6 is 0 Å². The lowest BCUT2D eigenvalue weighted by Gasteiger charge is -2.36. The zero-order chi connectivity index (χ0) is 24.2. The predicted molar refractivity (Wildman–Crippen MR) is 133 cm³/mol. The molecule has 8 nitrogen and oxygen atoms in total. The van der Waals surface area contributed by atoms with Crippen molar-refractivity contribution in [2.75, 3.05) is 44.2 Å². The number of fused-ring (bicyclic) bond motifs is 1. The highest BCUT2D eigenvalue weighted by molar-refractivity contribution is 5.97. The number of amides is 2. The molecule has 0 unspecified atom stereocenters. The van der Waals surface area contributed by atoms with Gasteiger partial charge in [0.2, 0.25) is 5.91 Å². The normalized spacial score (nSPS) is 13.9. The summed E-state index contributed by atoms with van der Waals surface area (Å²) in [5.41, 5.74) is 3.09. The maximum Gasteiger partial charge on any atom is 0.261 e. The summed E-state index contributed by atoms with van der Waals surface area (Å²) in [4.78, 5) is 48.6. The highest BCUT2D eigenvalue weighted by Gasteiger charge is 2.23. The van der Waals surface area contributed by atoms with Crippen LogP contribution in [0, 0.1) is 6.92 Å². The van der Waals surface area contributed by atoms with Crippen LogP contribution in [0.1, 0.15) is 29.8 Å². The first-order chi connectivity index (χ1) is 16.4. The number of nitrogens with zero attached hydrogens (tertiary/aromatic N) is 5. The van der Waals surface area contributed by atoms with E-state index in [0.29, 0.717) is 42.6 Å². The van der Waals surface area contributed by atoms with E-state index in [1.807, 2.05) is 18.7 Å². The van der Waals surface area contributed by atoms with Crippen LogP contribution in [-0.4, -0.2) is 70.4 Å². The van der Waals surface area contributed by atoms with Crippen LogP contribution in [0.5, 0.6) is 0 Å². The maximum atomic E-state index is 13.1. The van der Waals surface area contributed by atoms with Gasteiger partial charge in [0.15, 0.2) is 0 Å². The van der Waals surface area contributed by atoms with Gasteiger partial charge in [-0.2, -0.15) is 0 Å². The summed E-state index contributed by atoms with van der Waals surface area (Å²) in [7, 11) is 0. The predicted octanol–water partition coefficient (Wildman–Crippen LogP) is 2.54. The van der Waals surface area contributed by atoms with Crippen molar-refractivity contribution in [3.05, 3.63) is 70.3 Å². The second-order valence-corrected chi connectivity index (χ2v) is 8.59. The Kier molecular flexibility index (Phi) is 6.95. The van der Waals surface area contributed by atoms with Crippen molar-refractivity contribution in [2.24, 2.45) is 0 Å². The van der Waals surface area contributed by atoms with Gasteiger partial charge in [-0.15, -0.1) is 0 Å². The molecular weight excluding hydrogens is 430 g/mol. The largest absolute Gasteiger partial charge is 0.368 e. The summed E-state index contributed by atoms with van der Waals surface area (Å²) in [5.74, 6) is -0.182. The molecule has 0 radical (unpaired) electrons. The van der Waals surface area contributed by atoms with Gasteiger partial charge in [-0.1, -0.05) is 12.1 Å². The van der Waals surface area contributed by atoms with Crippen LogP contribution in [0.4, 0.5) is 5.69 Å². The monoisotopic (exact) mass is 461 g/mol. The molecule has 34 heavy (non-hydrogen) atoms. The third-order valence-electron chi connectivity index (χ3n) is 6.43. The molecule has 2 amide bonds. The zero-order valence-corrected chi connectivity index (χ0v) is 20.0. The van der Waals surface area contributed by atoms with Gasteiger partial charge in [-0.25, -0.2) is 4.98 Å². The van der Waals surface area contributed by atoms with Gasteiger partial charge in [0.1, 0.15) is 6.54 Å². The Balaban J connectivity index is 1.47. The van der Waals surface area contributed by atoms with E-state index in [9.17, 15) is 14.4 Å². The van der Waals surface area contributed by atoms with Crippen LogP contribution in [0.2, 0.25) is 0 Å². The number of aromatic nitrogens is 2. The van der Waals surface area contributed by atoms with Gasteiger partial charge in [-0.3, -0.25) is 19.0 Å². The fourth-order valence-corrected chi connectivity index (χ4v) is 4.40. The van der Waals surface area contributed by atoms with Gasteiger partial charge in [-0.05, 0) is 56.7 Å². The molecule has 4 rings (SSSR count). The van der Waals surface area contributed by atoms with E-state index in [1.165, 1.54) is 22.1 Å². The standard InChI is InChI=1S/C26H31N5O3/c1-4-28(5-2)24(32)17-31-18-27-23-16-20(9-10-22(23)26(31)34)25(33)30-13-11-29(12-14-30)21-8-6-7-19(3)15-21/h6-10,15-16,18H,4-5,11-14,17H2,1-3H3. The molecule has 0 saturated carbocycles. The van der Waals surface area contributed by atoms with E-state index in [0.717, 1.165) is 13.1 Å². The number of rotatable bonds is 6. The molecular formula is C26H31N5O3. The Morgan fingerprint density at radius 2 is 1.74 bits per heavy atom. The molecule has 8 heteroatoms. The van der Waals surface area contributed by atoms with Crippen LogP contribution in [0.15, 0.2) is 53.6 Å². The summed E-state index contributed by atoms with van der Waals surface area (Å²) >= 11 is 0. The van der Waals surface area contributed by atoms with Crippen molar-refractivity contribution < 1.29 is 9.59 Å². The van der Waals surface area contributed by atoms with Crippen molar-refractivity contribution in [3.8, 4) is 0 Å². The number of likely N-dealkylation sites (N-methyl/N-ethyl adjacent to an activating group) is 1. The number of benzene rings is 2. The molecule has 1 fully saturated rings. The van der Waals surface area contributed by atoms with Crippen LogP contribution in [0.3, 0.4) is 0 Å². The minimum atomic E-state index is -0.281. The third kappa shape index (κ3) is 4.81. The fourth-order valence-electron chi connectivity index (χ4n) is 4.40. The summed E-state index contributed by atoms with van der Waals surface area (Å²) < 4.78 is 1.33. The SMILES string of the molecule is CCN(CC)C(=O)Cn1cnc2cc(C(=O)N3CCN(c4cccc(C)c4)CC3)ccc2c1=O. The van der Waals surface area contributed by atoms with Gasteiger partial charge < -0.3 is 14.7 Å². The van der Waals surface area contributed by atoms with E-state index in [1.54, 1.807) is 23.1 Å². The molecule has 1 aromatic heterocycles. The Morgan fingerprint density at radius 3 is 2.41 bits per heavy atom. The van der Waals surface area contributed by atoms with Gasteiger partial charge >= 0.3 is 0 Å². The number of piperazine rings is 1. The van der Waals surface area contributed by atoms with E-state index in [4.69, 9.17) is 0 Å². The minimum absolute atomic E-state index is 0.0463. The smallest absolute Gasteiger partial charge is 0.261 e. The molecule has 0 atom stereocenters. The Labute approximate surface area is 199 Å². The lowest BCUT2D eigenvalue weighted by atomic mass is 10.1. The molecule has 3 aromatic rings. The quantitative estimate of drug-likeness (QED) is 0.564. The molecule has 0 N–H and O–H groups in total.